The molecule has 5 heteroatoms. The average molecular weight is 350 g/mol. The molecule has 0 aliphatic carbocycles. The van der Waals surface area contributed by atoms with Gasteiger partial charge in [-0.2, -0.15) is 0 Å². The monoisotopic (exact) mass is 349 g/mol. The Morgan fingerprint density at radius 2 is 2.05 bits per heavy atom. The van der Waals surface area contributed by atoms with E-state index in [9.17, 15) is 0 Å². The van der Waals surface area contributed by atoms with Crippen LogP contribution in [0, 0.1) is 0 Å². The van der Waals surface area contributed by atoms with E-state index in [-0.39, 0.29) is 5.60 Å². The average Bonchev–Trinajstić information content (AvgIpc) is 2.45. The van der Waals surface area contributed by atoms with Gasteiger partial charge in [0.15, 0.2) is 11.5 Å². The maximum atomic E-state index is 6.05. The smallest absolute Gasteiger partial charge is 0.204 e. The number of aromatic nitrogens is 1. The molecule has 4 nitrogen and oxygen atoms in total. The summed E-state index contributed by atoms with van der Waals surface area (Å²) in [6.07, 6.45) is 3.55. The molecule has 3 rings (SSSR count). The molecule has 0 N–H and O–H groups in total. The first-order valence-electron chi connectivity index (χ1n) is 6.64. The summed E-state index contributed by atoms with van der Waals surface area (Å²) in [5.41, 5.74) is 1.52. The van der Waals surface area contributed by atoms with Crippen molar-refractivity contribution >= 4 is 15.9 Å². The second kappa shape index (κ2) is 5.22. The molecule has 2 heterocycles. The fourth-order valence-electron chi connectivity index (χ4n) is 2.28. The molecule has 1 aliphatic heterocycles. The van der Waals surface area contributed by atoms with Gasteiger partial charge in [0.2, 0.25) is 5.75 Å². The summed E-state index contributed by atoms with van der Waals surface area (Å²) in [4.78, 5) is 4.21. The Kier molecular flexibility index (Phi) is 3.53. The lowest BCUT2D eigenvalue weighted by Gasteiger charge is -2.34. The van der Waals surface area contributed by atoms with Crippen LogP contribution in [0.5, 0.6) is 17.2 Å². The standard InChI is InChI=1S/C16H16BrNO3/c1-16(2)9-20-14-12(10-6-11(17)8-18-7-10)4-5-13(19-3)15(14)21-16/h4-8H,9H2,1-3H3. The molecule has 0 fully saturated rings. The molecular formula is C16H16BrNO3. The van der Waals surface area contributed by atoms with Crippen LogP contribution in [-0.2, 0) is 0 Å². The molecule has 1 aromatic carbocycles. The van der Waals surface area contributed by atoms with Gasteiger partial charge in [-0.1, -0.05) is 0 Å². The highest BCUT2D eigenvalue weighted by Crippen LogP contribution is 2.48. The third-order valence-electron chi connectivity index (χ3n) is 3.25. The molecular weight excluding hydrogens is 334 g/mol. The minimum absolute atomic E-state index is 0.381. The van der Waals surface area contributed by atoms with Gasteiger partial charge in [-0.25, -0.2) is 0 Å². The van der Waals surface area contributed by atoms with Crippen molar-refractivity contribution in [1.29, 1.82) is 0 Å². The first-order valence-corrected chi connectivity index (χ1v) is 7.43. The predicted octanol–water partition coefficient (Wildman–Crippen LogP) is 4.07. The van der Waals surface area contributed by atoms with E-state index in [0.29, 0.717) is 23.9 Å². The summed E-state index contributed by atoms with van der Waals surface area (Å²) >= 11 is 3.44. The van der Waals surface area contributed by atoms with Crippen LogP contribution in [0.15, 0.2) is 35.1 Å². The number of hydrogen-bond donors (Lipinski definition) is 0. The molecule has 0 atom stereocenters. The highest BCUT2D eigenvalue weighted by Gasteiger charge is 2.32. The van der Waals surface area contributed by atoms with E-state index >= 15 is 0 Å². The minimum atomic E-state index is -0.381. The molecule has 0 amide bonds. The van der Waals surface area contributed by atoms with Crippen molar-refractivity contribution in [1.82, 2.24) is 4.98 Å². The van der Waals surface area contributed by atoms with Gasteiger partial charge in [-0.3, -0.25) is 4.98 Å². The Hall–Kier alpha value is -1.75. The van der Waals surface area contributed by atoms with Crippen LogP contribution in [0.25, 0.3) is 11.1 Å². The van der Waals surface area contributed by atoms with Crippen molar-refractivity contribution in [3.63, 3.8) is 0 Å². The highest BCUT2D eigenvalue weighted by molar-refractivity contribution is 9.10. The zero-order valence-electron chi connectivity index (χ0n) is 12.1. The molecule has 2 aromatic rings. The Balaban J connectivity index is 2.16. The normalized spacial score (nSPS) is 15.6. The molecule has 1 aliphatic rings. The van der Waals surface area contributed by atoms with E-state index < -0.39 is 0 Å². The van der Waals surface area contributed by atoms with Gasteiger partial charge in [0.05, 0.1) is 7.11 Å². The maximum Gasteiger partial charge on any atom is 0.204 e. The number of halogens is 1. The molecule has 0 unspecified atom stereocenters. The van der Waals surface area contributed by atoms with Gasteiger partial charge in [-0.15, -0.1) is 0 Å². The minimum Gasteiger partial charge on any atom is -0.493 e. The van der Waals surface area contributed by atoms with Crippen molar-refractivity contribution in [2.45, 2.75) is 19.4 Å². The number of hydrogen-bond acceptors (Lipinski definition) is 4. The predicted molar refractivity (Wildman–Crippen MR) is 84.1 cm³/mol. The number of methoxy groups -OCH3 is 1. The molecule has 1 aromatic heterocycles. The fraction of sp³-hybridized carbons (Fsp3) is 0.312. The lowest BCUT2D eigenvalue weighted by molar-refractivity contribution is 0.0190. The van der Waals surface area contributed by atoms with Gasteiger partial charge in [-0.05, 0) is 48.0 Å². The van der Waals surface area contributed by atoms with E-state index in [1.54, 1.807) is 19.5 Å². The zero-order valence-corrected chi connectivity index (χ0v) is 13.7. The number of pyridine rings is 1. The molecule has 21 heavy (non-hydrogen) atoms. The summed E-state index contributed by atoms with van der Waals surface area (Å²) in [5.74, 6) is 2.02. The number of nitrogens with zero attached hydrogens (tertiary/aromatic N) is 1. The number of rotatable bonds is 2. The van der Waals surface area contributed by atoms with Crippen molar-refractivity contribution in [2.75, 3.05) is 13.7 Å². The first-order chi connectivity index (χ1) is 10.00. The van der Waals surface area contributed by atoms with Crippen molar-refractivity contribution < 1.29 is 14.2 Å². The van der Waals surface area contributed by atoms with Gasteiger partial charge >= 0.3 is 0 Å². The second-order valence-corrected chi connectivity index (χ2v) is 6.43. The van der Waals surface area contributed by atoms with E-state index in [1.165, 1.54) is 0 Å². The van der Waals surface area contributed by atoms with Crippen molar-refractivity contribution in [3.05, 3.63) is 35.1 Å². The summed E-state index contributed by atoms with van der Waals surface area (Å²) in [5, 5.41) is 0. The highest BCUT2D eigenvalue weighted by atomic mass is 79.9. The third-order valence-corrected chi connectivity index (χ3v) is 3.69. The second-order valence-electron chi connectivity index (χ2n) is 5.52. The van der Waals surface area contributed by atoms with Crippen LogP contribution >= 0.6 is 15.9 Å². The Morgan fingerprint density at radius 1 is 1.24 bits per heavy atom. The van der Waals surface area contributed by atoms with Crippen LogP contribution in [0.4, 0.5) is 0 Å². The lowest BCUT2D eigenvalue weighted by atomic mass is 10.0. The quantitative estimate of drug-likeness (QED) is 0.819. The van der Waals surface area contributed by atoms with Crippen LogP contribution in [0.3, 0.4) is 0 Å². The third kappa shape index (κ3) is 2.70. The van der Waals surface area contributed by atoms with Crippen LogP contribution in [0.1, 0.15) is 13.8 Å². The molecule has 110 valence electrons. The lowest BCUT2D eigenvalue weighted by Crippen LogP contribution is -2.39. The van der Waals surface area contributed by atoms with E-state index in [1.807, 2.05) is 32.0 Å². The largest absolute Gasteiger partial charge is 0.493 e. The first kappa shape index (κ1) is 14.2. The van der Waals surface area contributed by atoms with Gasteiger partial charge < -0.3 is 14.2 Å². The summed E-state index contributed by atoms with van der Waals surface area (Å²) in [6.45, 7) is 4.47. The summed E-state index contributed by atoms with van der Waals surface area (Å²) in [6, 6.07) is 5.85. The van der Waals surface area contributed by atoms with Crippen LogP contribution in [-0.4, -0.2) is 24.3 Å². The number of fused-ring (bicyclic) bond motifs is 1. The maximum absolute atomic E-state index is 6.05. The number of benzene rings is 1. The molecule has 0 saturated carbocycles. The molecule has 0 spiro atoms. The zero-order chi connectivity index (χ0) is 15.0. The Bertz CT molecular complexity index is 685. The van der Waals surface area contributed by atoms with Crippen LogP contribution in [0.2, 0.25) is 0 Å². The van der Waals surface area contributed by atoms with Crippen molar-refractivity contribution in [3.8, 4) is 28.4 Å². The van der Waals surface area contributed by atoms with Crippen molar-refractivity contribution in [2.24, 2.45) is 0 Å². The Labute approximate surface area is 132 Å². The summed E-state index contributed by atoms with van der Waals surface area (Å²) in [7, 11) is 1.63. The molecule has 0 bridgehead atoms. The van der Waals surface area contributed by atoms with Gasteiger partial charge in [0.1, 0.15) is 12.2 Å². The van der Waals surface area contributed by atoms with E-state index in [2.05, 4.69) is 20.9 Å². The number of ether oxygens (including phenoxy) is 3. The summed E-state index contributed by atoms with van der Waals surface area (Å²) < 4.78 is 18.3. The van der Waals surface area contributed by atoms with E-state index in [0.717, 1.165) is 15.6 Å². The van der Waals surface area contributed by atoms with Gasteiger partial charge in [0, 0.05) is 28.0 Å². The SMILES string of the molecule is COc1ccc(-c2cncc(Br)c2)c2c1OC(C)(C)CO2. The fourth-order valence-corrected chi connectivity index (χ4v) is 2.65. The van der Waals surface area contributed by atoms with Gasteiger partial charge in [0.25, 0.3) is 0 Å². The van der Waals surface area contributed by atoms with Crippen LogP contribution < -0.4 is 14.2 Å². The topological polar surface area (TPSA) is 40.6 Å². The molecule has 0 saturated heterocycles. The molecule has 0 radical (unpaired) electrons. The van der Waals surface area contributed by atoms with E-state index in [4.69, 9.17) is 14.2 Å². The Morgan fingerprint density at radius 3 is 2.76 bits per heavy atom.